The largest absolute Gasteiger partial charge is 0.481 e. The summed E-state index contributed by atoms with van der Waals surface area (Å²) < 4.78 is 5.61. The molecule has 1 aliphatic rings. The van der Waals surface area contributed by atoms with Crippen LogP contribution in [-0.2, 0) is 11.2 Å². The Morgan fingerprint density at radius 3 is 3.21 bits per heavy atom. The van der Waals surface area contributed by atoms with Crippen molar-refractivity contribution in [3.8, 4) is 18.1 Å². The van der Waals surface area contributed by atoms with Gasteiger partial charge in [0.25, 0.3) is 5.91 Å². The summed E-state index contributed by atoms with van der Waals surface area (Å²) in [5, 5.41) is 2.59. The molecule has 1 unspecified atom stereocenters. The Bertz CT molecular complexity index is 519. The number of aryl methyl sites for hydroxylation is 1. The lowest BCUT2D eigenvalue weighted by Crippen LogP contribution is -2.36. The molecule has 0 saturated heterocycles. The second-order valence-corrected chi connectivity index (χ2v) is 4.69. The van der Waals surface area contributed by atoms with Crippen LogP contribution in [0.2, 0.25) is 0 Å². The summed E-state index contributed by atoms with van der Waals surface area (Å²) in [7, 11) is 0. The minimum Gasteiger partial charge on any atom is -0.481 e. The number of carbonyl (C=O) groups is 1. The maximum absolute atomic E-state index is 11.6. The molecule has 0 radical (unpaired) electrons. The van der Waals surface area contributed by atoms with Gasteiger partial charge < -0.3 is 15.8 Å². The Kier molecular flexibility index (Phi) is 4.08. The first kappa shape index (κ1) is 13.4. The summed E-state index contributed by atoms with van der Waals surface area (Å²) >= 11 is 0. The first-order valence-electron chi connectivity index (χ1n) is 6.38. The third kappa shape index (κ3) is 3.07. The van der Waals surface area contributed by atoms with Crippen LogP contribution in [0.15, 0.2) is 18.2 Å². The van der Waals surface area contributed by atoms with Crippen LogP contribution in [-0.4, -0.2) is 18.6 Å². The van der Waals surface area contributed by atoms with E-state index < -0.39 is 6.10 Å². The zero-order chi connectivity index (χ0) is 13.8. The van der Waals surface area contributed by atoms with E-state index in [1.807, 2.05) is 18.2 Å². The number of carbonyl (C=O) groups excluding carboxylic acids is 1. The minimum absolute atomic E-state index is 0.125. The number of benzene rings is 1. The fourth-order valence-electron chi connectivity index (χ4n) is 2.24. The van der Waals surface area contributed by atoms with E-state index >= 15 is 0 Å². The Hall–Kier alpha value is -1.99. The molecule has 0 saturated carbocycles. The van der Waals surface area contributed by atoms with E-state index in [0.29, 0.717) is 5.75 Å². The van der Waals surface area contributed by atoms with E-state index in [4.69, 9.17) is 16.9 Å². The van der Waals surface area contributed by atoms with Crippen molar-refractivity contribution in [2.45, 2.75) is 31.9 Å². The van der Waals surface area contributed by atoms with Crippen LogP contribution >= 0.6 is 0 Å². The number of fused-ring (bicyclic) bond motifs is 1. The second kappa shape index (κ2) is 5.77. The summed E-state index contributed by atoms with van der Waals surface area (Å²) in [6.07, 6.45) is 6.45. The standard InChI is InChI=1S/C15H18N2O2/c1-3-8-17-15(18)10(2)19-12-5-6-13-11(9-12)4-7-14(13)16/h1,5-6,9-10,14H,4,7-8,16H2,2H3,(H,17,18)/t10?,14-/m1/s1. The number of hydrogen-bond acceptors (Lipinski definition) is 3. The lowest BCUT2D eigenvalue weighted by molar-refractivity contribution is -0.126. The Morgan fingerprint density at radius 2 is 2.47 bits per heavy atom. The number of ether oxygens (including phenoxy) is 1. The fourth-order valence-corrected chi connectivity index (χ4v) is 2.24. The zero-order valence-corrected chi connectivity index (χ0v) is 11.0. The molecule has 1 aromatic carbocycles. The van der Waals surface area contributed by atoms with E-state index in [-0.39, 0.29) is 18.5 Å². The Balaban J connectivity index is 2.00. The SMILES string of the molecule is C#CCNC(=O)C(C)Oc1ccc2c(c1)CC[C@H]2N. The molecule has 4 nitrogen and oxygen atoms in total. The number of terminal acetylenes is 1. The molecule has 1 amide bonds. The quantitative estimate of drug-likeness (QED) is 0.796. The Labute approximate surface area is 113 Å². The van der Waals surface area contributed by atoms with Gasteiger partial charge in [-0.25, -0.2) is 0 Å². The third-order valence-electron chi connectivity index (χ3n) is 3.29. The number of amides is 1. The molecule has 3 N–H and O–H groups in total. The molecule has 0 spiro atoms. The van der Waals surface area contributed by atoms with E-state index in [1.54, 1.807) is 6.92 Å². The number of hydrogen-bond donors (Lipinski definition) is 2. The molecule has 2 atom stereocenters. The third-order valence-corrected chi connectivity index (χ3v) is 3.29. The van der Waals surface area contributed by atoms with Crippen molar-refractivity contribution >= 4 is 5.91 Å². The van der Waals surface area contributed by atoms with Crippen molar-refractivity contribution in [2.24, 2.45) is 5.73 Å². The van der Waals surface area contributed by atoms with Gasteiger partial charge in [-0.1, -0.05) is 12.0 Å². The highest BCUT2D eigenvalue weighted by molar-refractivity contribution is 5.80. The van der Waals surface area contributed by atoms with Crippen molar-refractivity contribution in [3.05, 3.63) is 29.3 Å². The van der Waals surface area contributed by atoms with Gasteiger partial charge in [0, 0.05) is 6.04 Å². The molecule has 1 aromatic rings. The van der Waals surface area contributed by atoms with Crippen LogP contribution in [0.3, 0.4) is 0 Å². The maximum atomic E-state index is 11.6. The van der Waals surface area contributed by atoms with E-state index in [9.17, 15) is 4.79 Å². The first-order valence-corrected chi connectivity index (χ1v) is 6.38. The molecule has 0 aliphatic heterocycles. The first-order chi connectivity index (χ1) is 9.11. The zero-order valence-electron chi connectivity index (χ0n) is 11.0. The summed E-state index contributed by atoms with van der Waals surface area (Å²) in [6.45, 7) is 1.91. The number of nitrogens with one attached hydrogen (secondary N) is 1. The van der Waals surface area contributed by atoms with E-state index in [2.05, 4.69) is 11.2 Å². The van der Waals surface area contributed by atoms with Crippen molar-refractivity contribution in [1.82, 2.24) is 5.32 Å². The highest BCUT2D eigenvalue weighted by Crippen LogP contribution is 2.32. The lowest BCUT2D eigenvalue weighted by Gasteiger charge is -2.15. The molecular formula is C15H18N2O2. The van der Waals surface area contributed by atoms with Gasteiger partial charge in [-0.15, -0.1) is 6.42 Å². The summed E-state index contributed by atoms with van der Waals surface area (Å²) in [4.78, 5) is 11.6. The predicted molar refractivity (Wildman–Crippen MR) is 73.6 cm³/mol. The number of rotatable bonds is 4. The smallest absolute Gasteiger partial charge is 0.261 e. The highest BCUT2D eigenvalue weighted by atomic mass is 16.5. The van der Waals surface area contributed by atoms with Gasteiger partial charge in [-0.2, -0.15) is 0 Å². The van der Waals surface area contributed by atoms with Crippen LogP contribution in [0.25, 0.3) is 0 Å². The maximum Gasteiger partial charge on any atom is 0.261 e. The fraction of sp³-hybridized carbons (Fsp3) is 0.400. The summed E-state index contributed by atoms with van der Waals surface area (Å²) in [5.41, 5.74) is 8.36. The van der Waals surface area contributed by atoms with Gasteiger partial charge in [-0.3, -0.25) is 4.79 Å². The van der Waals surface area contributed by atoms with Gasteiger partial charge >= 0.3 is 0 Å². The van der Waals surface area contributed by atoms with Crippen LogP contribution in [0, 0.1) is 12.3 Å². The lowest BCUT2D eigenvalue weighted by atomic mass is 10.1. The monoisotopic (exact) mass is 258 g/mol. The normalized spacial score (nSPS) is 18.3. The van der Waals surface area contributed by atoms with Gasteiger partial charge in [0.15, 0.2) is 6.10 Å². The van der Waals surface area contributed by atoms with Crippen LogP contribution in [0.1, 0.15) is 30.5 Å². The van der Waals surface area contributed by atoms with Crippen molar-refractivity contribution in [2.75, 3.05) is 6.54 Å². The van der Waals surface area contributed by atoms with E-state index in [0.717, 1.165) is 12.8 Å². The number of nitrogens with two attached hydrogens (primary N) is 1. The molecule has 1 aliphatic carbocycles. The van der Waals surface area contributed by atoms with Crippen molar-refractivity contribution < 1.29 is 9.53 Å². The topological polar surface area (TPSA) is 64.3 Å². The molecule has 19 heavy (non-hydrogen) atoms. The molecular weight excluding hydrogens is 240 g/mol. The summed E-state index contributed by atoms with van der Waals surface area (Å²) in [5.74, 6) is 2.83. The molecule has 0 bridgehead atoms. The molecule has 2 rings (SSSR count). The van der Waals surface area contributed by atoms with Gasteiger partial charge in [0.05, 0.1) is 6.54 Å². The van der Waals surface area contributed by atoms with Crippen molar-refractivity contribution in [3.63, 3.8) is 0 Å². The predicted octanol–water partition coefficient (Wildman–Crippen LogP) is 1.15. The second-order valence-electron chi connectivity index (χ2n) is 4.69. The molecule has 0 aromatic heterocycles. The molecule has 0 heterocycles. The Morgan fingerprint density at radius 1 is 1.68 bits per heavy atom. The molecule has 4 heteroatoms. The highest BCUT2D eigenvalue weighted by Gasteiger charge is 2.20. The van der Waals surface area contributed by atoms with Gasteiger partial charge in [0.2, 0.25) is 0 Å². The van der Waals surface area contributed by atoms with Crippen molar-refractivity contribution in [1.29, 1.82) is 0 Å². The van der Waals surface area contributed by atoms with E-state index in [1.165, 1.54) is 11.1 Å². The van der Waals surface area contributed by atoms with Gasteiger partial charge in [0.1, 0.15) is 5.75 Å². The van der Waals surface area contributed by atoms with Crippen LogP contribution < -0.4 is 15.8 Å². The average Bonchev–Trinajstić information content (AvgIpc) is 2.77. The van der Waals surface area contributed by atoms with Gasteiger partial charge in [-0.05, 0) is 43.0 Å². The molecule has 0 fully saturated rings. The van der Waals surface area contributed by atoms with Crippen LogP contribution in [0.4, 0.5) is 0 Å². The van der Waals surface area contributed by atoms with Crippen LogP contribution in [0.5, 0.6) is 5.75 Å². The average molecular weight is 258 g/mol. The minimum atomic E-state index is -0.568. The molecule has 100 valence electrons. The summed E-state index contributed by atoms with van der Waals surface area (Å²) in [6, 6.07) is 5.93.